The van der Waals surface area contributed by atoms with Gasteiger partial charge in [0.25, 0.3) is 5.91 Å². The third-order valence-corrected chi connectivity index (χ3v) is 2.97. The first-order chi connectivity index (χ1) is 10.4. The van der Waals surface area contributed by atoms with E-state index in [2.05, 4.69) is 5.32 Å². The van der Waals surface area contributed by atoms with Gasteiger partial charge in [0.05, 0.1) is 11.1 Å². The van der Waals surface area contributed by atoms with Gasteiger partial charge < -0.3 is 5.32 Å². The number of anilines is 1. The topological polar surface area (TPSA) is 70.0 Å². The number of carbonyl (C=O) groups is 2. The number of nitrogens with zero attached hydrogens (tertiary/aromatic N) is 1. The molecular weight excluding hydrogens is 290 g/mol. The van der Waals surface area contributed by atoms with Gasteiger partial charge in [-0.15, -0.1) is 0 Å². The maximum absolute atomic E-state index is 13.6. The van der Waals surface area contributed by atoms with Crippen LogP contribution in [-0.2, 0) is 0 Å². The van der Waals surface area contributed by atoms with Crippen molar-refractivity contribution in [1.82, 2.24) is 0 Å². The number of nitrogens with one attached hydrogen (secondary N) is 1. The van der Waals surface area contributed by atoms with Gasteiger partial charge in [0.1, 0.15) is 17.7 Å². The molecule has 0 aliphatic heterocycles. The third-order valence-electron chi connectivity index (χ3n) is 2.97. The summed E-state index contributed by atoms with van der Waals surface area (Å²) in [6, 6.07) is 8.89. The van der Waals surface area contributed by atoms with Gasteiger partial charge in [0.2, 0.25) is 0 Å². The highest BCUT2D eigenvalue weighted by Gasteiger charge is 2.16. The molecule has 0 aromatic heterocycles. The molecule has 4 nitrogen and oxygen atoms in total. The van der Waals surface area contributed by atoms with Crippen LogP contribution in [-0.4, -0.2) is 11.7 Å². The van der Waals surface area contributed by atoms with Crippen molar-refractivity contribution >= 4 is 17.4 Å². The van der Waals surface area contributed by atoms with Crippen molar-refractivity contribution in [2.45, 2.75) is 6.92 Å². The number of ketones is 1. The van der Waals surface area contributed by atoms with Gasteiger partial charge in [0, 0.05) is 17.3 Å². The lowest BCUT2D eigenvalue weighted by molar-refractivity contribution is 0.101. The number of halogens is 2. The van der Waals surface area contributed by atoms with Crippen LogP contribution < -0.4 is 5.32 Å². The second-order valence-electron chi connectivity index (χ2n) is 4.51. The van der Waals surface area contributed by atoms with Crippen molar-refractivity contribution in [3.8, 4) is 6.07 Å². The van der Waals surface area contributed by atoms with E-state index in [1.807, 2.05) is 0 Å². The maximum atomic E-state index is 13.6. The fraction of sp³-hybridized carbons (Fsp3) is 0.0625. The maximum Gasteiger partial charge on any atom is 0.258 e. The largest absolute Gasteiger partial charge is 0.322 e. The third kappa shape index (κ3) is 3.15. The summed E-state index contributed by atoms with van der Waals surface area (Å²) >= 11 is 0. The quantitative estimate of drug-likeness (QED) is 0.884. The van der Waals surface area contributed by atoms with E-state index in [-0.39, 0.29) is 5.78 Å². The van der Waals surface area contributed by atoms with Gasteiger partial charge in [0.15, 0.2) is 5.78 Å². The zero-order valence-electron chi connectivity index (χ0n) is 11.5. The van der Waals surface area contributed by atoms with Crippen molar-refractivity contribution in [1.29, 1.82) is 5.26 Å². The molecule has 0 aliphatic rings. The molecule has 22 heavy (non-hydrogen) atoms. The molecule has 6 heteroatoms. The lowest BCUT2D eigenvalue weighted by Crippen LogP contribution is -2.14. The summed E-state index contributed by atoms with van der Waals surface area (Å²) in [6.07, 6.45) is 0. The molecule has 0 bridgehead atoms. The Bertz CT molecular complexity index is 793. The minimum absolute atomic E-state index is 0.124. The first-order valence-electron chi connectivity index (χ1n) is 6.24. The summed E-state index contributed by atoms with van der Waals surface area (Å²) < 4.78 is 26.9. The summed E-state index contributed by atoms with van der Waals surface area (Å²) in [6.45, 7) is 1.41. The zero-order chi connectivity index (χ0) is 16.3. The van der Waals surface area contributed by atoms with Crippen LogP contribution in [0.15, 0.2) is 36.4 Å². The molecule has 0 unspecified atom stereocenters. The van der Waals surface area contributed by atoms with Gasteiger partial charge in [-0.25, -0.2) is 8.78 Å². The SMILES string of the molecule is CC(=O)c1ccc(NC(=O)c2cc(C#N)c(F)cc2F)cc1. The Kier molecular flexibility index (Phi) is 4.28. The second-order valence-corrected chi connectivity index (χ2v) is 4.51. The number of hydrogen-bond donors (Lipinski definition) is 1. The van der Waals surface area contributed by atoms with Crippen molar-refractivity contribution in [2.24, 2.45) is 0 Å². The van der Waals surface area contributed by atoms with Crippen LogP contribution in [0.3, 0.4) is 0 Å². The highest BCUT2D eigenvalue weighted by molar-refractivity contribution is 6.05. The lowest BCUT2D eigenvalue weighted by Gasteiger charge is -2.07. The molecule has 0 atom stereocenters. The first-order valence-corrected chi connectivity index (χ1v) is 6.24. The summed E-state index contributed by atoms with van der Waals surface area (Å²) in [4.78, 5) is 23.1. The minimum Gasteiger partial charge on any atom is -0.322 e. The normalized spacial score (nSPS) is 9.91. The standard InChI is InChI=1S/C16H10F2N2O2/c1-9(21)10-2-4-12(5-3-10)20-16(22)13-6-11(8-19)14(17)7-15(13)18/h2-7H,1H3,(H,20,22). The Hall–Kier alpha value is -3.07. The van der Waals surface area contributed by atoms with E-state index in [9.17, 15) is 18.4 Å². The van der Waals surface area contributed by atoms with Crippen molar-refractivity contribution in [3.63, 3.8) is 0 Å². The van der Waals surface area contributed by atoms with Crippen LogP contribution in [0.2, 0.25) is 0 Å². The van der Waals surface area contributed by atoms with Crippen molar-refractivity contribution < 1.29 is 18.4 Å². The monoisotopic (exact) mass is 300 g/mol. The summed E-state index contributed by atoms with van der Waals surface area (Å²) in [5, 5.41) is 11.1. The summed E-state index contributed by atoms with van der Waals surface area (Å²) in [5.41, 5.74) is -0.0398. The van der Waals surface area contributed by atoms with E-state index >= 15 is 0 Å². The van der Waals surface area contributed by atoms with Crippen LogP contribution in [0, 0.1) is 23.0 Å². The number of benzene rings is 2. The molecule has 2 aromatic rings. The molecule has 1 amide bonds. The number of nitriles is 1. The zero-order valence-corrected chi connectivity index (χ0v) is 11.5. The van der Waals surface area contributed by atoms with E-state index in [0.717, 1.165) is 6.07 Å². The number of amides is 1. The minimum atomic E-state index is -1.06. The van der Waals surface area contributed by atoms with Gasteiger partial charge >= 0.3 is 0 Å². The number of Topliss-reactive ketones (excluding diaryl/α,β-unsaturated/α-hetero) is 1. The van der Waals surface area contributed by atoms with E-state index in [0.29, 0.717) is 17.3 Å². The Morgan fingerprint density at radius 3 is 2.27 bits per heavy atom. The Balaban J connectivity index is 2.26. The summed E-state index contributed by atoms with van der Waals surface area (Å²) in [7, 11) is 0. The molecule has 1 N–H and O–H groups in total. The van der Waals surface area contributed by atoms with Crippen LogP contribution in [0.1, 0.15) is 33.2 Å². The van der Waals surface area contributed by atoms with E-state index in [1.54, 1.807) is 6.07 Å². The van der Waals surface area contributed by atoms with Gasteiger partial charge in [-0.1, -0.05) is 0 Å². The van der Waals surface area contributed by atoms with Crippen molar-refractivity contribution in [2.75, 3.05) is 5.32 Å². The van der Waals surface area contributed by atoms with E-state index in [4.69, 9.17) is 5.26 Å². The molecule has 0 heterocycles. The number of hydrogen-bond acceptors (Lipinski definition) is 3. The fourth-order valence-electron chi connectivity index (χ4n) is 1.80. The predicted octanol–water partition coefficient (Wildman–Crippen LogP) is 3.29. The molecule has 0 radical (unpaired) electrons. The van der Waals surface area contributed by atoms with Crippen molar-refractivity contribution in [3.05, 3.63) is 64.7 Å². The first kappa shape index (κ1) is 15.3. The highest BCUT2D eigenvalue weighted by Crippen LogP contribution is 2.17. The molecule has 110 valence electrons. The molecule has 2 aromatic carbocycles. The molecule has 0 saturated heterocycles. The predicted molar refractivity (Wildman–Crippen MR) is 75.5 cm³/mol. The Labute approximate surface area is 125 Å². The van der Waals surface area contributed by atoms with Gasteiger partial charge in [-0.3, -0.25) is 9.59 Å². The Morgan fingerprint density at radius 1 is 1.09 bits per heavy atom. The molecule has 0 aliphatic carbocycles. The van der Waals surface area contributed by atoms with Gasteiger partial charge in [-0.2, -0.15) is 5.26 Å². The molecule has 0 saturated carbocycles. The average Bonchev–Trinajstić information content (AvgIpc) is 2.47. The fourth-order valence-corrected chi connectivity index (χ4v) is 1.80. The molecular formula is C16H10F2N2O2. The molecule has 0 fully saturated rings. The van der Waals surface area contributed by atoms with Crippen LogP contribution >= 0.6 is 0 Å². The van der Waals surface area contributed by atoms with Crippen LogP contribution in [0.5, 0.6) is 0 Å². The average molecular weight is 300 g/mol. The highest BCUT2D eigenvalue weighted by atomic mass is 19.1. The van der Waals surface area contributed by atoms with E-state index in [1.165, 1.54) is 31.2 Å². The summed E-state index contributed by atoms with van der Waals surface area (Å²) in [5.74, 6) is -3.03. The van der Waals surface area contributed by atoms with Crippen LogP contribution in [0.25, 0.3) is 0 Å². The van der Waals surface area contributed by atoms with Crippen LogP contribution in [0.4, 0.5) is 14.5 Å². The Morgan fingerprint density at radius 2 is 1.73 bits per heavy atom. The number of rotatable bonds is 3. The van der Waals surface area contributed by atoms with E-state index < -0.39 is 28.7 Å². The molecule has 0 spiro atoms. The smallest absolute Gasteiger partial charge is 0.258 e. The molecule has 2 rings (SSSR count). The van der Waals surface area contributed by atoms with Gasteiger partial charge in [-0.05, 0) is 37.3 Å². The number of carbonyl (C=O) groups excluding carboxylic acids is 2. The lowest BCUT2D eigenvalue weighted by atomic mass is 10.1. The second kappa shape index (κ2) is 6.14.